The van der Waals surface area contributed by atoms with Gasteiger partial charge in [-0.05, 0) is 37.8 Å². The number of ketones is 1. The molecule has 0 amide bonds. The van der Waals surface area contributed by atoms with Crippen LogP contribution in [0.1, 0.15) is 39.5 Å². The van der Waals surface area contributed by atoms with Crippen molar-refractivity contribution in [3.63, 3.8) is 0 Å². The molecule has 2 aliphatic rings. The first-order valence-electron chi connectivity index (χ1n) is 8.56. The molecule has 0 aromatic heterocycles. The Labute approximate surface area is 138 Å². The average molecular weight is 308 g/mol. The largest absolute Gasteiger partial charge is 0.371 e. The van der Waals surface area contributed by atoms with Crippen molar-refractivity contribution >= 4 is 11.5 Å². The number of allylic oxidation sites excluding steroid dienone is 1. The Morgan fingerprint density at radius 1 is 1.22 bits per heavy atom. The fraction of sp³-hybridized carbons (Fsp3) is 0.500. The first-order valence-corrected chi connectivity index (χ1v) is 8.56. The molecule has 1 heterocycles. The molecule has 1 saturated heterocycles. The number of benzene rings is 1. The van der Waals surface area contributed by atoms with E-state index in [1.54, 1.807) is 0 Å². The van der Waals surface area contributed by atoms with E-state index >= 15 is 0 Å². The quantitative estimate of drug-likeness (QED) is 0.844. The molecule has 3 rings (SSSR count). The van der Waals surface area contributed by atoms with Gasteiger partial charge in [-0.3, -0.25) is 4.79 Å². The van der Waals surface area contributed by atoms with Gasteiger partial charge in [-0.1, -0.05) is 38.1 Å². The summed E-state index contributed by atoms with van der Waals surface area (Å²) >= 11 is 0. The van der Waals surface area contributed by atoms with Crippen molar-refractivity contribution in [2.24, 2.45) is 10.8 Å². The summed E-state index contributed by atoms with van der Waals surface area (Å²) in [7, 11) is 0. The van der Waals surface area contributed by atoms with E-state index in [1.807, 2.05) is 12.1 Å². The van der Waals surface area contributed by atoms with E-state index in [0.29, 0.717) is 5.57 Å². The van der Waals surface area contributed by atoms with Gasteiger partial charge in [0.15, 0.2) is 5.78 Å². The summed E-state index contributed by atoms with van der Waals surface area (Å²) < 4.78 is 0. The van der Waals surface area contributed by atoms with Crippen molar-refractivity contribution in [1.82, 2.24) is 0 Å². The normalized spacial score (nSPS) is 26.2. The lowest BCUT2D eigenvalue weighted by molar-refractivity contribution is -0.127. The molecule has 1 spiro atoms. The number of rotatable bonds is 3. The van der Waals surface area contributed by atoms with Crippen LogP contribution >= 0.6 is 0 Å². The zero-order valence-electron chi connectivity index (χ0n) is 14.0. The molecule has 1 unspecified atom stereocenters. The van der Waals surface area contributed by atoms with Gasteiger partial charge in [-0.2, -0.15) is 5.26 Å². The maximum absolute atomic E-state index is 12.7. The van der Waals surface area contributed by atoms with Crippen LogP contribution in [-0.2, 0) is 4.79 Å². The monoisotopic (exact) mass is 308 g/mol. The molecular weight excluding hydrogens is 284 g/mol. The highest BCUT2D eigenvalue weighted by Gasteiger charge is 2.50. The van der Waals surface area contributed by atoms with Crippen LogP contribution < -0.4 is 4.90 Å². The van der Waals surface area contributed by atoms with E-state index < -0.39 is 0 Å². The number of nitriles is 1. The standard InChI is InChI=1S/C20H24N2O/c1-3-20(4-2)14-19(12-16(13-21)18(20)23)10-11-22(15-19)17-8-6-5-7-9-17/h5-9,12H,3-4,10-11,14-15H2,1-2H3. The summed E-state index contributed by atoms with van der Waals surface area (Å²) in [6.45, 7) is 6.05. The summed E-state index contributed by atoms with van der Waals surface area (Å²) in [5.41, 5.74) is 1.22. The van der Waals surface area contributed by atoms with E-state index in [4.69, 9.17) is 0 Å². The van der Waals surface area contributed by atoms with Crippen LogP contribution in [0.3, 0.4) is 0 Å². The van der Waals surface area contributed by atoms with E-state index in [9.17, 15) is 10.1 Å². The Hall–Kier alpha value is -2.08. The highest BCUT2D eigenvalue weighted by atomic mass is 16.1. The summed E-state index contributed by atoms with van der Waals surface area (Å²) in [4.78, 5) is 15.1. The van der Waals surface area contributed by atoms with Crippen molar-refractivity contribution in [3.8, 4) is 6.07 Å². The van der Waals surface area contributed by atoms with Gasteiger partial charge in [0, 0.05) is 29.6 Å². The number of anilines is 1. The van der Waals surface area contributed by atoms with Gasteiger partial charge in [0.1, 0.15) is 6.07 Å². The van der Waals surface area contributed by atoms with Crippen molar-refractivity contribution in [2.45, 2.75) is 39.5 Å². The molecule has 1 aromatic rings. The third-order valence-corrected chi connectivity index (χ3v) is 5.85. The number of para-hydroxylation sites is 1. The van der Waals surface area contributed by atoms with Crippen LogP contribution in [0, 0.1) is 22.2 Å². The number of carbonyl (C=O) groups excluding carboxylic acids is 1. The third kappa shape index (κ3) is 2.57. The zero-order valence-corrected chi connectivity index (χ0v) is 14.0. The minimum absolute atomic E-state index is 0.0408. The van der Waals surface area contributed by atoms with Crippen LogP contribution in [0.2, 0.25) is 0 Å². The van der Waals surface area contributed by atoms with Gasteiger partial charge in [0.25, 0.3) is 0 Å². The topological polar surface area (TPSA) is 44.1 Å². The molecule has 120 valence electrons. The highest BCUT2D eigenvalue weighted by molar-refractivity contribution is 6.04. The molecule has 0 saturated carbocycles. The molecule has 0 N–H and O–H groups in total. The predicted molar refractivity (Wildman–Crippen MR) is 92.0 cm³/mol. The van der Waals surface area contributed by atoms with Crippen LogP contribution in [0.4, 0.5) is 5.69 Å². The van der Waals surface area contributed by atoms with Gasteiger partial charge >= 0.3 is 0 Å². The van der Waals surface area contributed by atoms with E-state index in [-0.39, 0.29) is 16.6 Å². The fourth-order valence-electron chi connectivity index (χ4n) is 4.38. The van der Waals surface area contributed by atoms with Crippen LogP contribution in [0.25, 0.3) is 0 Å². The van der Waals surface area contributed by atoms with Gasteiger partial charge < -0.3 is 4.90 Å². The Bertz CT molecular complexity index is 667. The number of hydrogen-bond acceptors (Lipinski definition) is 3. The summed E-state index contributed by atoms with van der Waals surface area (Å²) in [6, 6.07) is 12.6. The van der Waals surface area contributed by atoms with Crippen molar-refractivity contribution in [1.29, 1.82) is 5.26 Å². The van der Waals surface area contributed by atoms with Crippen LogP contribution in [0.15, 0.2) is 42.0 Å². The second-order valence-corrected chi connectivity index (χ2v) is 7.03. The minimum atomic E-state index is -0.355. The smallest absolute Gasteiger partial charge is 0.179 e. The first kappa shape index (κ1) is 15.8. The van der Waals surface area contributed by atoms with Gasteiger partial charge in [-0.15, -0.1) is 0 Å². The van der Waals surface area contributed by atoms with E-state index in [1.165, 1.54) is 5.69 Å². The molecule has 1 atom stereocenters. The van der Waals surface area contributed by atoms with Crippen LogP contribution in [-0.4, -0.2) is 18.9 Å². The Morgan fingerprint density at radius 3 is 2.52 bits per heavy atom. The van der Waals surface area contributed by atoms with Crippen LogP contribution in [0.5, 0.6) is 0 Å². The lowest BCUT2D eigenvalue weighted by Crippen LogP contribution is -2.43. The Kier molecular flexibility index (Phi) is 4.02. The summed E-state index contributed by atoms with van der Waals surface area (Å²) in [6.07, 6.45) is 5.51. The van der Waals surface area contributed by atoms with Gasteiger partial charge in [0.2, 0.25) is 0 Å². The Balaban J connectivity index is 1.95. The third-order valence-electron chi connectivity index (χ3n) is 5.85. The summed E-state index contributed by atoms with van der Waals surface area (Å²) in [5, 5.41) is 9.46. The molecule has 1 aromatic carbocycles. The maximum atomic E-state index is 12.7. The second-order valence-electron chi connectivity index (χ2n) is 7.03. The fourth-order valence-corrected chi connectivity index (χ4v) is 4.38. The lowest BCUT2D eigenvalue weighted by Gasteiger charge is -2.42. The molecule has 1 fully saturated rings. The predicted octanol–water partition coefficient (Wildman–Crippen LogP) is 4.11. The molecule has 1 aliphatic heterocycles. The maximum Gasteiger partial charge on any atom is 0.179 e. The number of nitrogens with zero attached hydrogens (tertiary/aromatic N) is 2. The molecule has 3 heteroatoms. The van der Waals surface area contributed by atoms with Gasteiger partial charge in [-0.25, -0.2) is 0 Å². The molecule has 0 radical (unpaired) electrons. The number of hydrogen-bond donors (Lipinski definition) is 0. The van der Waals surface area contributed by atoms with Crippen molar-refractivity contribution in [3.05, 3.63) is 42.0 Å². The minimum Gasteiger partial charge on any atom is -0.371 e. The summed E-state index contributed by atoms with van der Waals surface area (Å²) in [5.74, 6) is 0.0637. The molecule has 3 nitrogen and oxygen atoms in total. The average Bonchev–Trinajstić information content (AvgIpc) is 3.01. The SMILES string of the molecule is CCC1(CC)CC2(C=C(C#N)C1=O)CCN(c1ccccc1)C2. The van der Waals surface area contributed by atoms with Crippen molar-refractivity contribution in [2.75, 3.05) is 18.0 Å². The molecular formula is C20H24N2O. The van der Waals surface area contributed by atoms with Crippen molar-refractivity contribution < 1.29 is 4.79 Å². The lowest BCUT2D eigenvalue weighted by atomic mass is 9.60. The second kappa shape index (κ2) is 5.85. The van der Waals surface area contributed by atoms with E-state index in [0.717, 1.165) is 38.8 Å². The van der Waals surface area contributed by atoms with Gasteiger partial charge in [0.05, 0.1) is 5.57 Å². The first-order chi connectivity index (χ1) is 11.1. The Morgan fingerprint density at radius 2 is 1.91 bits per heavy atom. The zero-order chi connectivity index (χ0) is 16.5. The number of Topliss-reactive ketones (excluding diaryl/α,β-unsaturated/α-hetero) is 1. The molecule has 0 bridgehead atoms. The number of carbonyl (C=O) groups is 1. The molecule has 23 heavy (non-hydrogen) atoms. The molecule has 1 aliphatic carbocycles. The van der Waals surface area contributed by atoms with E-state index in [2.05, 4.69) is 49.1 Å². The highest BCUT2D eigenvalue weighted by Crippen LogP contribution is 2.51.